The number of hydrogen-bond acceptors (Lipinski definition) is 6. The Balaban J connectivity index is 1.55. The SMILES string of the molecule is [C-]#[N+]C1(C(=O)N[C@H](C(=O)N2C[C@H](O)C[C@H]2C(=O)NC(c2ccc(-c3scnc3C)cc2)C(C)(C)C)C(C)(C)C)CC1. The molecule has 4 atom stereocenters. The fourth-order valence-corrected chi connectivity index (χ4v) is 6.15. The quantitative estimate of drug-likeness (QED) is 0.424. The highest BCUT2D eigenvalue weighted by molar-refractivity contribution is 7.13. The standard InChI is InChI=1S/C31H41N5O4S/c1-18-23(41-17-33-18)19-9-11-20(12-10-19)24(29(2,3)4)34-26(38)22-15-21(37)16-36(22)27(39)25(30(5,6)7)35-28(40)31(32-8)13-14-31/h9-12,17,21-22,24-25,37H,13-16H2,1-7H3,(H,34,38)(H,35,40)/t21-,22+,24?,25-/m1/s1. The molecule has 0 radical (unpaired) electrons. The zero-order valence-corrected chi connectivity index (χ0v) is 25.8. The number of aliphatic hydroxyl groups excluding tert-OH is 1. The number of β-amino-alcohol motifs (C(OH)–C–C–N with tert-alkyl or cyclic N) is 1. The van der Waals surface area contributed by atoms with Crippen molar-refractivity contribution >= 4 is 29.1 Å². The second-order valence-corrected chi connectivity index (χ2v) is 14.4. The number of amides is 3. The van der Waals surface area contributed by atoms with Gasteiger partial charge in [-0.15, -0.1) is 11.3 Å². The Morgan fingerprint density at radius 3 is 2.22 bits per heavy atom. The summed E-state index contributed by atoms with van der Waals surface area (Å²) in [4.78, 5) is 50.9. The van der Waals surface area contributed by atoms with Gasteiger partial charge in [-0.25, -0.2) is 11.6 Å². The van der Waals surface area contributed by atoms with Gasteiger partial charge in [0.25, 0.3) is 0 Å². The highest BCUT2D eigenvalue weighted by Crippen LogP contribution is 2.41. The van der Waals surface area contributed by atoms with Crippen molar-refractivity contribution in [3.05, 3.63) is 52.5 Å². The summed E-state index contributed by atoms with van der Waals surface area (Å²) in [6.07, 6.45) is 0.188. The summed E-state index contributed by atoms with van der Waals surface area (Å²) in [6, 6.07) is 5.88. The van der Waals surface area contributed by atoms with Crippen LogP contribution in [0.25, 0.3) is 15.3 Å². The van der Waals surface area contributed by atoms with Gasteiger partial charge in [0, 0.05) is 25.8 Å². The summed E-state index contributed by atoms with van der Waals surface area (Å²) in [6.45, 7) is 21.0. The van der Waals surface area contributed by atoms with Crippen molar-refractivity contribution in [1.82, 2.24) is 20.5 Å². The fraction of sp³-hybridized carbons (Fsp3) is 0.581. The highest BCUT2D eigenvalue weighted by Gasteiger charge is 2.59. The van der Waals surface area contributed by atoms with Crippen molar-refractivity contribution in [3.63, 3.8) is 0 Å². The molecule has 9 nitrogen and oxygen atoms in total. The van der Waals surface area contributed by atoms with Crippen LogP contribution >= 0.6 is 11.3 Å². The maximum absolute atomic E-state index is 13.9. The predicted molar refractivity (Wildman–Crippen MR) is 159 cm³/mol. The maximum atomic E-state index is 13.9. The molecule has 1 saturated heterocycles. The molecule has 1 unspecified atom stereocenters. The van der Waals surface area contributed by atoms with Crippen LogP contribution in [0.4, 0.5) is 0 Å². The maximum Gasteiger partial charge on any atom is 0.309 e. The van der Waals surface area contributed by atoms with E-state index >= 15 is 0 Å². The van der Waals surface area contributed by atoms with E-state index in [9.17, 15) is 19.5 Å². The number of rotatable bonds is 7. The van der Waals surface area contributed by atoms with Crippen LogP contribution in [0.15, 0.2) is 29.8 Å². The number of benzene rings is 1. The average molecular weight is 580 g/mol. The fourth-order valence-electron chi connectivity index (χ4n) is 5.34. The molecule has 1 aromatic heterocycles. The van der Waals surface area contributed by atoms with E-state index in [4.69, 9.17) is 6.57 Å². The van der Waals surface area contributed by atoms with Crippen molar-refractivity contribution < 1.29 is 19.5 Å². The number of nitrogens with zero attached hydrogens (tertiary/aromatic N) is 3. The van der Waals surface area contributed by atoms with E-state index in [1.54, 1.807) is 11.3 Å². The van der Waals surface area contributed by atoms with Crippen LogP contribution in [0.5, 0.6) is 0 Å². The second-order valence-electron chi connectivity index (χ2n) is 13.5. The molecule has 3 N–H and O–H groups in total. The number of nitrogens with one attached hydrogen (secondary N) is 2. The van der Waals surface area contributed by atoms with E-state index < -0.39 is 41.0 Å². The van der Waals surface area contributed by atoms with Crippen LogP contribution in [0.3, 0.4) is 0 Å². The van der Waals surface area contributed by atoms with Crippen molar-refractivity contribution in [2.75, 3.05) is 6.54 Å². The molecule has 10 heteroatoms. The van der Waals surface area contributed by atoms with Crippen LogP contribution < -0.4 is 10.6 Å². The van der Waals surface area contributed by atoms with Crippen LogP contribution in [0.2, 0.25) is 0 Å². The summed E-state index contributed by atoms with van der Waals surface area (Å²) in [7, 11) is 0. The molecule has 0 bridgehead atoms. The van der Waals surface area contributed by atoms with E-state index in [1.165, 1.54) is 4.90 Å². The molecule has 3 amide bonds. The predicted octanol–water partition coefficient (Wildman–Crippen LogP) is 4.27. The van der Waals surface area contributed by atoms with Gasteiger partial charge in [0.05, 0.1) is 28.2 Å². The molecule has 1 aromatic carbocycles. The van der Waals surface area contributed by atoms with Gasteiger partial charge in [0.2, 0.25) is 11.8 Å². The van der Waals surface area contributed by atoms with Gasteiger partial charge in [0.15, 0.2) is 0 Å². The van der Waals surface area contributed by atoms with Crippen LogP contribution in [-0.4, -0.2) is 63.0 Å². The summed E-state index contributed by atoms with van der Waals surface area (Å²) < 4.78 is 0. The molecule has 1 aliphatic carbocycles. The van der Waals surface area contributed by atoms with Gasteiger partial charge < -0.3 is 20.6 Å². The minimum Gasteiger partial charge on any atom is -0.391 e. The van der Waals surface area contributed by atoms with Gasteiger partial charge in [-0.2, -0.15) is 0 Å². The van der Waals surface area contributed by atoms with Gasteiger partial charge in [0.1, 0.15) is 12.1 Å². The van der Waals surface area contributed by atoms with E-state index in [-0.39, 0.29) is 30.3 Å². The first-order valence-electron chi connectivity index (χ1n) is 14.1. The van der Waals surface area contributed by atoms with E-state index in [2.05, 4.69) is 20.5 Å². The third kappa shape index (κ3) is 6.47. The molecule has 1 saturated carbocycles. The Kier molecular flexibility index (Phi) is 8.36. The van der Waals surface area contributed by atoms with E-state index in [0.29, 0.717) is 12.8 Å². The third-order valence-corrected chi connectivity index (χ3v) is 9.00. The minimum atomic E-state index is -1.10. The molecule has 4 rings (SSSR count). The number of carbonyl (C=O) groups excluding carboxylic acids is 3. The highest BCUT2D eigenvalue weighted by atomic mass is 32.1. The number of aryl methyl sites for hydroxylation is 1. The lowest BCUT2D eigenvalue weighted by Gasteiger charge is -2.37. The molecule has 2 aliphatic rings. The van der Waals surface area contributed by atoms with Crippen LogP contribution in [-0.2, 0) is 14.4 Å². The van der Waals surface area contributed by atoms with Crippen molar-refractivity contribution in [3.8, 4) is 10.4 Å². The van der Waals surface area contributed by atoms with Gasteiger partial charge in [-0.05, 0) is 28.9 Å². The summed E-state index contributed by atoms with van der Waals surface area (Å²) >= 11 is 1.58. The molecular formula is C31H41N5O4S. The smallest absolute Gasteiger partial charge is 0.309 e. The molecule has 41 heavy (non-hydrogen) atoms. The lowest BCUT2D eigenvalue weighted by atomic mass is 9.82. The zero-order chi connectivity index (χ0) is 30.3. The lowest BCUT2D eigenvalue weighted by Crippen LogP contribution is -2.59. The average Bonchev–Trinajstić information content (AvgIpc) is 3.43. The number of likely N-dealkylation sites (tertiary alicyclic amines) is 1. The number of hydrogen-bond donors (Lipinski definition) is 3. The Morgan fingerprint density at radius 2 is 1.73 bits per heavy atom. The minimum absolute atomic E-state index is 0.00356. The Labute approximate surface area is 246 Å². The van der Waals surface area contributed by atoms with Gasteiger partial charge >= 0.3 is 11.4 Å². The third-order valence-electron chi connectivity index (χ3n) is 8.02. The van der Waals surface area contributed by atoms with Crippen molar-refractivity contribution in [2.24, 2.45) is 10.8 Å². The molecule has 1 aliphatic heterocycles. The van der Waals surface area contributed by atoms with Crippen LogP contribution in [0, 0.1) is 24.3 Å². The van der Waals surface area contributed by atoms with Crippen LogP contribution in [0.1, 0.15) is 78.1 Å². The summed E-state index contributed by atoms with van der Waals surface area (Å²) in [5.74, 6) is -1.23. The van der Waals surface area contributed by atoms with Crippen molar-refractivity contribution in [1.29, 1.82) is 0 Å². The van der Waals surface area contributed by atoms with E-state index in [1.807, 2.05) is 78.2 Å². The first-order chi connectivity index (χ1) is 19.1. The summed E-state index contributed by atoms with van der Waals surface area (Å²) in [5, 5.41) is 16.5. The van der Waals surface area contributed by atoms with Gasteiger partial charge in [-0.3, -0.25) is 19.2 Å². The first-order valence-corrected chi connectivity index (χ1v) is 14.9. The monoisotopic (exact) mass is 579 g/mol. The topological polar surface area (TPSA) is 116 Å². The van der Waals surface area contributed by atoms with E-state index in [0.717, 1.165) is 21.7 Å². The molecule has 2 fully saturated rings. The summed E-state index contributed by atoms with van der Waals surface area (Å²) in [5.41, 5.74) is 2.67. The zero-order valence-electron chi connectivity index (χ0n) is 24.9. The second kappa shape index (κ2) is 11.2. The molecule has 2 aromatic rings. The number of carbonyl (C=O) groups is 3. The number of thiazole rings is 1. The number of aromatic nitrogens is 1. The van der Waals surface area contributed by atoms with Crippen molar-refractivity contribution in [2.45, 2.75) is 97.5 Å². The largest absolute Gasteiger partial charge is 0.391 e. The Bertz CT molecular complexity index is 1340. The molecule has 0 spiro atoms. The Morgan fingerprint density at radius 1 is 1.10 bits per heavy atom. The molecule has 220 valence electrons. The Hall–Kier alpha value is -3.29. The first kappa shape index (κ1) is 30.7. The normalized spacial score (nSPS) is 21.5. The molecule has 2 heterocycles. The number of aliphatic hydroxyl groups is 1. The molecular weight excluding hydrogens is 538 g/mol. The lowest BCUT2D eigenvalue weighted by molar-refractivity contribution is -0.144. The van der Waals surface area contributed by atoms with Gasteiger partial charge in [-0.1, -0.05) is 65.8 Å².